The average molecular weight is 338 g/mol. The van der Waals surface area contributed by atoms with Gasteiger partial charge in [0.25, 0.3) is 5.91 Å². The van der Waals surface area contributed by atoms with E-state index >= 15 is 0 Å². The molecule has 0 aliphatic carbocycles. The van der Waals surface area contributed by atoms with Crippen molar-refractivity contribution in [3.63, 3.8) is 0 Å². The highest BCUT2D eigenvalue weighted by Gasteiger charge is 2.37. The predicted octanol–water partition coefficient (Wildman–Crippen LogP) is 2.66. The van der Waals surface area contributed by atoms with Gasteiger partial charge in [0.15, 0.2) is 5.69 Å². The number of halogens is 3. The largest absolute Gasteiger partial charge is 0.433 e. The molecule has 0 N–H and O–H groups in total. The minimum atomic E-state index is -4.54. The molecule has 2 heterocycles. The standard InChI is InChI=1S/C16H17F3N4O/c1-21(2)13-6-4-5-10-8-23(9-11(10)13)15(24)12-7-14(16(17,18)19)22(3)20-12/h4-7H,8-9H2,1-3H3. The summed E-state index contributed by atoms with van der Waals surface area (Å²) in [5.41, 5.74) is 1.89. The van der Waals surface area contributed by atoms with Crippen molar-refractivity contribution < 1.29 is 18.0 Å². The van der Waals surface area contributed by atoms with Crippen molar-refractivity contribution in [1.82, 2.24) is 14.7 Å². The summed E-state index contributed by atoms with van der Waals surface area (Å²) in [6, 6.07) is 6.59. The fourth-order valence-corrected chi connectivity index (χ4v) is 2.97. The van der Waals surface area contributed by atoms with Gasteiger partial charge in [-0.25, -0.2) is 0 Å². The van der Waals surface area contributed by atoms with Crippen LogP contribution in [-0.4, -0.2) is 34.7 Å². The molecule has 3 rings (SSSR count). The Labute approximate surface area is 137 Å². The van der Waals surface area contributed by atoms with E-state index in [9.17, 15) is 18.0 Å². The van der Waals surface area contributed by atoms with Crippen molar-refractivity contribution in [1.29, 1.82) is 0 Å². The lowest BCUT2D eigenvalue weighted by Gasteiger charge is -2.17. The van der Waals surface area contributed by atoms with E-state index in [4.69, 9.17) is 0 Å². The summed E-state index contributed by atoms with van der Waals surface area (Å²) in [6.07, 6.45) is -4.54. The number of amides is 1. The van der Waals surface area contributed by atoms with Crippen molar-refractivity contribution in [3.8, 4) is 0 Å². The second kappa shape index (κ2) is 5.54. The van der Waals surface area contributed by atoms with Gasteiger partial charge in [0.2, 0.25) is 0 Å². The molecule has 5 nitrogen and oxygen atoms in total. The molecule has 8 heteroatoms. The SMILES string of the molecule is CN(C)c1cccc2c1CN(C(=O)c1cc(C(F)(F)F)n(C)n1)C2. The van der Waals surface area contributed by atoms with Crippen LogP contribution in [0.15, 0.2) is 24.3 Å². The molecule has 0 saturated heterocycles. The van der Waals surface area contributed by atoms with E-state index in [1.54, 1.807) is 0 Å². The second-order valence-corrected chi connectivity index (χ2v) is 6.01. The molecule has 1 aliphatic heterocycles. The molecule has 0 unspecified atom stereocenters. The van der Waals surface area contributed by atoms with E-state index in [1.165, 1.54) is 11.9 Å². The topological polar surface area (TPSA) is 41.4 Å². The van der Waals surface area contributed by atoms with Crippen LogP contribution in [0.25, 0.3) is 0 Å². The quantitative estimate of drug-likeness (QED) is 0.845. The molecule has 0 atom stereocenters. The first-order valence-corrected chi connectivity index (χ1v) is 7.37. The Morgan fingerprint density at radius 1 is 1.25 bits per heavy atom. The molecule has 0 bridgehead atoms. The summed E-state index contributed by atoms with van der Waals surface area (Å²) in [4.78, 5) is 16.0. The van der Waals surface area contributed by atoms with Crippen LogP contribution in [0.5, 0.6) is 0 Å². The number of hydrogen-bond acceptors (Lipinski definition) is 3. The van der Waals surface area contributed by atoms with E-state index in [-0.39, 0.29) is 5.69 Å². The summed E-state index contributed by atoms with van der Waals surface area (Å²) in [7, 11) is 5.01. The van der Waals surface area contributed by atoms with Crippen LogP contribution in [0.3, 0.4) is 0 Å². The lowest BCUT2D eigenvalue weighted by atomic mass is 10.1. The van der Waals surface area contributed by atoms with Crippen LogP contribution < -0.4 is 4.90 Å². The maximum atomic E-state index is 12.9. The third-order valence-corrected chi connectivity index (χ3v) is 4.12. The smallest absolute Gasteiger partial charge is 0.377 e. The Morgan fingerprint density at radius 2 is 1.96 bits per heavy atom. The molecule has 0 spiro atoms. The summed E-state index contributed by atoms with van der Waals surface area (Å²) < 4.78 is 39.3. The Kier molecular flexibility index (Phi) is 3.77. The van der Waals surface area contributed by atoms with Gasteiger partial charge in [-0.2, -0.15) is 18.3 Å². The molecular weight excluding hydrogens is 321 g/mol. The summed E-state index contributed by atoms with van der Waals surface area (Å²) in [5, 5.41) is 3.74. The van der Waals surface area contributed by atoms with Crippen LogP contribution in [-0.2, 0) is 26.3 Å². The third-order valence-electron chi connectivity index (χ3n) is 4.12. The zero-order chi connectivity index (χ0) is 17.6. The molecule has 0 fully saturated rings. The summed E-state index contributed by atoms with van der Waals surface area (Å²) >= 11 is 0. The maximum absolute atomic E-state index is 12.9. The van der Waals surface area contributed by atoms with Gasteiger partial charge >= 0.3 is 6.18 Å². The highest BCUT2D eigenvalue weighted by Crippen LogP contribution is 2.33. The normalized spacial score (nSPS) is 14.0. The van der Waals surface area contributed by atoms with Crippen LogP contribution >= 0.6 is 0 Å². The van der Waals surface area contributed by atoms with Gasteiger partial charge in [-0.05, 0) is 17.2 Å². The van der Waals surface area contributed by atoms with Crippen molar-refractivity contribution in [2.45, 2.75) is 19.3 Å². The second-order valence-electron chi connectivity index (χ2n) is 6.01. The summed E-state index contributed by atoms with van der Waals surface area (Å²) in [5.74, 6) is -0.498. The van der Waals surface area contributed by atoms with Crippen LogP contribution in [0, 0.1) is 0 Å². The molecule has 24 heavy (non-hydrogen) atoms. The van der Waals surface area contributed by atoms with Gasteiger partial charge in [-0.15, -0.1) is 0 Å². The van der Waals surface area contributed by atoms with E-state index in [0.29, 0.717) is 17.8 Å². The minimum Gasteiger partial charge on any atom is -0.377 e. The highest BCUT2D eigenvalue weighted by molar-refractivity contribution is 5.93. The van der Waals surface area contributed by atoms with Gasteiger partial charge in [0.1, 0.15) is 5.69 Å². The number of alkyl halides is 3. The highest BCUT2D eigenvalue weighted by atomic mass is 19.4. The predicted molar refractivity (Wildman–Crippen MR) is 82.6 cm³/mol. The first-order valence-electron chi connectivity index (χ1n) is 7.37. The third kappa shape index (κ3) is 2.72. The monoisotopic (exact) mass is 338 g/mol. The van der Waals surface area contributed by atoms with Crippen molar-refractivity contribution >= 4 is 11.6 Å². The van der Waals surface area contributed by atoms with Crippen LogP contribution in [0.4, 0.5) is 18.9 Å². The van der Waals surface area contributed by atoms with Gasteiger partial charge in [0, 0.05) is 46.0 Å². The molecule has 128 valence electrons. The average Bonchev–Trinajstić information content (AvgIpc) is 3.08. The number of anilines is 1. The van der Waals surface area contributed by atoms with Crippen molar-refractivity contribution in [2.75, 3.05) is 19.0 Å². The maximum Gasteiger partial charge on any atom is 0.433 e. The number of fused-ring (bicyclic) bond motifs is 1. The van der Waals surface area contributed by atoms with Crippen molar-refractivity contribution in [2.24, 2.45) is 7.05 Å². The van der Waals surface area contributed by atoms with Gasteiger partial charge in [-0.1, -0.05) is 12.1 Å². The van der Waals surface area contributed by atoms with Crippen molar-refractivity contribution in [3.05, 3.63) is 46.8 Å². The number of aryl methyl sites for hydroxylation is 1. The van der Waals surface area contributed by atoms with Gasteiger partial charge < -0.3 is 9.80 Å². The molecule has 1 amide bonds. The fourth-order valence-electron chi connectivity index (χ4n) is 2.97. The zero-order valence-corrected chi connectivity index (χ0v) is 13.6. The number of nitrogens with zero attached hydrogens (tertiary/aromatic N) is 4. The molecule has 1 aliphatic rings. The Morgan fingerprint density at radius 3 is 2.54 bits per heavy atom. The number of carbonyl (C=O) groups excluding carboxylic acids is 1. The number of carbonyl (C=O) groups is 1. The molecule has 1 aromatic heterocycles. The first kappa shape index (κ1) is 16.4. The fraction of sp³-hybridized carbons (Fsp3) is 0.375. The van der Waals surface area contributed by atoms with Gasteiger partial charge in [0.05, 0.1) is 0 Å². The Bertz CT molecular complexity index is 795. The molecule has 0 saturated carbocycles. The van der Waals surface area contributed by atoms with E-state index in [0.717, 1.165) is 22.9 Å². The summed E-state index contributed by atoms with van der Waals surface area (Å²) in [6.45, 7) is 0.730. The molecular formula is C16H17F3N4O. The Hall–Kier alpha value is -2.51. The minimum absolute atomic E-state index is 0.191. The van der Waals surface area contributed by atoms with E-state index in [1.807, 2.05) is 37.2 Å². The number of hydrogen-bond donors (Lipinski definition) is 0. The van der Waals surface area contributed by atoms with E-state index < -0.39 is 17.8 Å². The number of aromatic nitrogens is 2. The molecule has 1 aromatic carbocycles. The number of benzene rings is 1. The zero-order valence-electron chi connectivity index (χ0n) is 13.6. The first-order chi connectivity index (χ1) is 11.2. The lowest BCUT2D eigenvalue weighted by molar-refractivity contribution is -0.143. The molecule has 0 radical (unpaired) electrons. The number of rotatable bonds is 2. The Balaban J connectivity index is 1.87. The molecule has 2 aromatic rings. The van der Waals surface area contributed by atoms with Crippen LogP contribution in [0.2, 0.25) is 0 Å². The van der Waals surface area contributed by atoms with E-state index in [2.05, 4.69) is 5.10 Å². The van der Waals surface area contributed by atoms with Crippen LogP contribution in [0.1, 0.15) is 27.3 Å². The van der Waals surface area contributed by atoms with Gasteiger partial charge in [-0.3, -0.25) is 9.48 Å². The lowest BCUT2D eigenvalue weighted by Crippen LogP contribution is -2.26.